The van der Waals surface area contributed by atoms with Gasteiger partial charge in [0.25, 0.3) is 0 Å². The van der Waals surface area contributed by atoms with Crippen LogP contribution in [0, 0.1) is 20.8 Å². The largest absolute Gasteiger partial charge is 0.388 e. The Morgan fingerprint density at radius 3 is 2.05 bits per heavy atom. The first-order chi connectivity index (χ1) is 10.4. The summed E-state index contributed by atoms with van der Waals surface area (Å²) in [4.78, 5) is 0. The van der Waals surface area contributed by atoms with Gasteiger partial charge in [-0.05, 0) is 56.0 Å². The van der Waals surface area contributed by atoms with Crippen LogP contribution in [0.3, 0.4) is 0 Å². The number of hydrogen-bond acceptors (Lipinski definition) is 1. The molecule has 0 aromatic heterocycles. The molecule has 0 saturated carbocycles. The molecule has 0 radical (unpaired) electrons. The van der Waals surface area contributed by atoms with Crippen molar-refractivity contribution in [3.63, 3.8) is 0 Å². The van der Waals surface area contributed by atoms with Crippen molar-refractivity contribution >= 4 is 17.3 Å². The SMILES string of the molecule is C=C(C)c1ccccc1/C(=C/c1c(C)cc(C)cc1C)NC. The molecule has 0 unspecified atom stereocenters. The van der Waals surface area contributed by atoms with Crippen LogP contribution in [-0.4, -0.2) is 7.05 Å². The van der Waals surface area contributed by atoms with Crippen LogP contribution in [0.5, 0.6) is 0 Å². The highest BCUT2D eigenvalue weighted by molar-refractivity contribution is 5.87. The Morgan fingerprint density at radius 2 is 1.55 bits per heavy atom. The molecule has 0 aliphatic carbocycles. The molecule has 22 heavy (non-hydrogen) atoms. The lowest BCUT2D eigenvalue weighted by molar-refractivity contribution is 1.13. The summed E-state index contributed by atoms with van der Waals surface area (Å²) in [5, 5.41) is 3.35. The van der Waals surface area contributed by atoms with Crippen LogP contribution in [0.2, 0.25) is 0 Å². The van der Waals surface area contributed by atoms with Crippen molar-refractivity contribution in [2.75, 3.05) is 7.05 Å². The zero-order valence-corrected chi connectivity index (χ0v) is 14.2. The van der Waals surface area contributed by atoms with Crippen molar-refractivity contribution in [1.29, 1.82) is 0 Å². The van der Waals surface area contributed by atoms with Crippen LogP contribution in [0.1, 0.15) is 40.3 Å². The molecule has 0 saturated heterocycles. The van der Waals surface area contributed by atoms with Gasteiger partial charge in [0, 0.05) is 18.3 Å². The van der Waals surface area contributed by atoms with Crippen LogP contribution in [0.15, 0.2) is 43.0 Å². The monoisotopic (exact) mass is 291 g/mol. The number of nitrogens with one attached hydrogen (secondary N) is 1. The summed E-state index contributed by atoms with van der Waals surface area (Å²) >= 11 is 0. The highest BCUT2D eigenvalue weighted by atomic mass is 14.8. The quantitative estimate of drug-likeness (QED) is 0.747. The predicted molar refractivity (Wildman–Crippen MR) is 98.7 cm³/mol. The molecular weight excluding hydrogens is 266 g/mol. The van der Waals surface area contributed by atoms with Gasteiger partial charge in [-0.15, -0.1) is 0 Å². The first kappa shape index (κ1) is 16.1. The van der Waals surface area contributed by atoms with Crippen LogP contribution < -0.4 is 5.32 Å². The minimum Gasteiger partial charge on any atom is -0.388 e. The van der Waals surface area contributed by atoms with Gasteiger partial charge in [-0.2, -0.15) is 0 Å². The first-order valence-electron chi connectivity index (χ1n) is 7.66. The van der Waals surface area contributed by atoms with Gasteiger partial charge in [0.1, 0.15) is 0 Å². The van der Waals surface area contributed by atoms with Crippen molar-refractivity contribution < 1.29 is 0 Å². The van der Waals surface area contributed by atoms with Crippen LogP contribution in [0.4, 0.5) is 0 Å². The third kappa shape index (κ3) is 3.30. The molecule has 0 spiro atoms. The van der Waals surface area contributed by atoms with E-state index in [1.807, 2.05) is 7.05 Å². The molecule has 1 nitrogen and oxygen atoms in total. The van der Waals surface area contributed by atoms with Gasteiger partial charge in [0.15, 0.2) is 0 Å². The smallest absolute Gasteiger partial charge is 0.0423 e. The maximum absolute atomic E-state index is 4.10. The summed E-state index contributed by atoms with van der Waals surface area (Å²) in [5.74, 6) is 0. The summed E-state index contributed by atoms with van der Waals surface area (Å²) in [5.41, 5.74) is 9.77. The van der Waals surface area contributed by atoms with Crippen molar-refractivity contribution in [3.8, 4) is 0 Å². The molecule has 0 heterocycles. The summed E-state index contributed by atoms with van der Waals surface area (Å²) in [6.07, 6.45) is 2.24. The van der Waals surface area contributed by atoms with E-state index in [0.29, 0.717) is 0 Å². The molecule has 2 aromatic rings. The molecule has 0 atom stereocenters. The third-order valence-electron chi connectivity index (χ3n) is 3.97. The predicted octanol–water partition coefficient (Wildman–Crippen LogP) is 5.36. The molecular formula is C21H25N. The molecule has 114 valence electrons. The summed E-state index contributed by atoms with van der Waals surface area (Å²) in [6, 6.07) is 12.9. The third-order valence-corrected chi connectivity index (χ3v) is 3.97. The fourth-order valence-corrected chi connectivity index (χ4v) is 2.94. The topological polar surface area (TPSA) is 12.0 Å². The molecule has 0 amide bonds. The fraction of sp³-hybridized carbons (Fsp3) is 0.238. The fourth-order valence-electron chi connectivity index (χ4n) is 2.94. The molecule has 2 aromatic carbocycles. The van der Waals surface area contributed by atoms with Crippen LogP contribution in [-0.2, 0) is 0 Å². The molecule has 1 N–H and O–H groups in total. The number of rotatable bonds is 4. The first-order valence-corrected chi connectivity index (χ1v) is 7.66. The highest BCUT2D eigenvalue weighted by Gasteiger charge is 2.09. The number of benzene rings is 2. The Kier molecular flexibility index (Phi) is 4.87. The van der Waals surface area contributed by atoms with Gasteiger partial charge >= 0.3 is 0 Å². The Balaban J connectivity index is 2.61. The Hall–Kier alpha value is -2.28. The van der Waals surface area contributed by atoms with Crippen molar-refractivity contribution in [2.24, 2.45) is 0 Å². The van der Waals surface area contributed by atoms with E-state index in [0.717, 1.165) is 11.3 Å². The zero-order chi connectivity index (χ0) is 16.3. The Morgan fingerprint density at radius 1 is 1.00 bits per heavy atom. The minimum absolute atomic E-state index is 1.08. The molecule has 2 rings (SSSR count). The molecule has 0 fully saturated rings. The van der Waals surface area contributed by atoms with Gasteiger partial charge in [-0.3, -0.25) is 0 Å². The lowest BCUT2D eigenvalue weighted by Crippen LogP contribution is -2.07. The molecule has 1 heteroatoms. The minimum atomic E-state index is 1.08. The number of allylic oxidation sites excluding steroid dienone is 1. The normalized spacial score (nSPS) is 11.4. The van der Waals surface area contributed by atoms with E-state index < -0.39 is 0 Å². The van der Waals surface area contributed by atoms with E-state index in [4.69, 9.17) is 0 Å². The van der Waals surface area contributed by atoms with Gasteiger partial charge in [-0.25, -0.2) is 0 Å². The van der Waals surface area contributed by atoms with E-state index in [1.165, 1.54) is 33.4 Å². The maximum atomic E-state index is 4.10. The Labute approximate surface area is 134 Å². The van der Waals surface area contributed by atoms with Crippen molar-refractivity contribution in [1.82, 2.24) is 5.32 Å². The highest BCUT2D eigenvalue weighted by Crippen LogP contribution is 2.26. The van der Waals surface area contributed by atoms with Gasteiger partial charge < -0.3 is 5.32 Å². The van der Waals surface area contributed by atoms with E-state index in [2.05, 4.69) is 82.1 Å². The van der Waals surface area contributed by atoms with Crippen LogP contribution in [0.25, 0.3) is 17.3 Å². The summed E-state index contributed by atoms with van der Waals surface area (Å²) in [6.45, 7) is 12.6. The summed E-state index contributed by atoms with van der Waals surface area (Å²) in [7, 11) is 1.97. The lowest BCUT2D eigenvalue weighted by Gasteiger charge is -2.15. The molecule has 0 aliphatic heterocycles. The van der Waals surface area contributed by atoms with Gasteiger partial charge in [-0.1, -0.05) is 54.1 Å². The average molecular weight is 291 g/mol. The second-order valence-electron chi connectivity index (χ2n) is 5.95. The average Bonchev–Trinajstić information content (AvgIpc) is 2.46. The number of hydrogen-bond donors (Lipinski definition) is 1. The van der Waals surface area contributed by atoms with Crippen molar-refractivity contribution in [2.45, 2.75) is 27.7 Å². The van der Waals surface area contributed by atoms with E-state index >= 15 is 0 Å². The summed E-state index contributed by atoms with van der Waals surface area (Å²) < 4.78 is 0. The maximum Gasteiger partial charge on any atom is 0.0423 e. The number of aryl methyl sites for hydroxylation is 3. The van der Waals surface area contributed by atoms with Crippen molar-refractivity contribution in [3.05, 3.63) is 76.4 Å². The Bertz CT molecular complexity index is 712. The standard InChI is InChI=1S/C21H25N/c1-14(2)18-9-7-8-10-19(18)21(22-6)13-20-16(4)11-15(3)12-17(20)5/h7-13,22H,1H2,2-6H3/b21-13-. The van der Waals surface area contributed by atoms with E-state index in [1.54, 1.807) is 0 Å². The van der Waals surface area contributed by atoms with Crippen LogP contribution >= 0.6 is 0 Å². The second-order valence-corrected chi connectivity index (χ2v) is 5.95. The lowest BCUT2D eigenvalue weighted by atomic mass is 9.95. The van der Waals surface area contributed by atoms with E-state index in [9.17, 15) is 0 Å². The second kappa shape index (κ2) is 6.65. The molecule has 0 aliphatic rings. The van der Waals surface area contributed by atoms with Gasteiger partial charge in [0.2, 0.25) is 0 Å². The van der Waals surface area contributed by atoms with E-state index in [-0.39, 0.29) is 0 Å². The zero-order valence-electron chi connectivity index (χ0n) is 14.2. The molecule has 0 bridgehead atoms. The van der Waals surface area contributed by atoms with Gasteiger partial charge in [0.05, 0.1) is 0 Å².